The molecule has 2 aromatic heterocycles. The molecule has 118 valence electrons. The zero-order chi connectivity index (χ0) is 16.4. The Kier molecular flexibility index (Phi) is 4.36. The van der Waals surface area contributed by atoms with Crippen LogP contribution in [-0.2, 0) is 0 Å². The van der Waals surface area contributed by atoms with Crippen molar-refractivity contribution in [3.63, 3.8) is 0 Å². The highest BCUT2D eigenvalue weighted by Crippen LogP contribution is 2.38. The number of nitrogens with zero attached hydrogens (tertiary/aromatic N) is 3. The average Bonchev–Trinajstić information content (AvgIpc) is 3.02. The Bertz CT molecular complexity index is 809. The van der Waals surface area contributed by atoms with Crippen LogP contribution in [-0.4, -0.2) is 29.4 Å². The fourth-order valence-corrected chi connectivity index (χ4v) is 2.55. The van der Waals surface area contributed by atoms with Gasteiger partial charge < -0.3 is 13.9 Å². The molecule has 1 aromatic carbocycles. The number of aromatic nitrogens is 3. The first-order valence-corrected chi connectivity index (χ1v) is 7.26. The number of pyridine rings is 1. The van der Waals surface area contributed by atoms with Crippen LogP contribution in [0.5, 0.6) is 11.5 Å². The second-order valence-corrected chi connectivity index (χ2v) is 5.23. The molecule has 0 aliphatic carbocycles. The van der Waals surface area contributed by atoms with E-state index < -0.39 is 0 Å². The zero-order valence-electron chi connectivity index (χ0n) is 12.2. The van der Waals surface area contributed by atoms with Crippen LogP contribution in [0, 0.1) is 0 Å². The van der Waals surface area contributed by atoms with Crippen molar-refractivity contribution in [2.45, 2.75) is 0 Å². The number of benzene rings is 1. The first-order chi connectivity index (χ1) is 11.1. The molecule has 0 aliphatic rings. The van der Waals surface area contributed by atoms with Crippen LogP contribution in [0.3, 0.4) is 0 Å². The Morgan fingerprint density at radius 1 is 0.913 bits per heavy atom. The second kappa shape index (κ2) is 6.44. The molecule has 0 bridgehead atoms. The summed E-state index contributed by atoms with van der Waals surface area (Å²) >= 11 is 11.8. The maximum absolute atomic E-state index is 5.89. The van der Waals surface area contributed by atoms with Gasteiger partial charge in [0, 0.05) is 5.56 Å². The highest BCUT2D eigenvalue weighted by molar-refractivity contribution is 6.32. The van der Waals surface area contributed by atoms with Crippen molar-refractivity contribution in [3.8, 4) is 34.4 Å². The number of ether oxygens (including phenoxy) is 2. The minimum absolute atomic E-state index is 0.238. The predicted molar refractivity (Wildman–Crippen MR) is 86.1 cm³/mol. The molecule has 2 heterocycles. The molecular formula is C15H11Cl2N3O3. The van der Waals surface area contributed by atoms with E-state index in [9.17, 15) is 0 Å². The quantitative estimate of drug-likeness (QED) is 0.658. The third-order valence-corrected chi connectivity index (χ3v) is 3.46. The van der Waals surface area contributed by atoms with Gasteiger partial charge in [-0.2, -0.15) is 0 Å². The normalized spacial score (nSPS) is 10.6. The number of hydrogen-bond donors (Lipinski definition) is 0. The van der Waals surface area contributed by atoms with Gasteiger partial charge >= 0.3 is 0 Å². The van der Waals surface area contributed by atoms with Gasteiger partial charge in [-0.25, -0.2) is 4.98 Å². The Hall–Kier alpha value is -2.31. The Morgan fingerprint density at radius 2 is 1.48 bits per heavy atom. The highest BCUT2D eigenvalue weighted by Gasteiger charge is 2.19. The molecular weight excluding hydrogens is 341 g/mol. The molecule has 0 saturated heterocycles. The predicted octanol–water partition coefficient (Wildman–Crippen LogP) is 4.12. The van der Waals surface area contributed by atoms with E-state index in [-0.39, 0.29) is 22.1 Å². The average molecular weight is 352 g/mol. The molecule has 6 nitrogen and oxygen atoms in total. The van der Waals surface area contributed by atoms with Crippen LogP contribution in [0.25, 0.3) is 22.9 Å². The maximum atomic E-state index is 5.89. The summed E-state index contributed by atoms with van der Waals surface area (Å²) in [5, 5.41) is 8.56. The lowest BCUT2D eigenvalue weighted by Gasteiger charge is -2.09. The van der Waals surface area contributed by atoms with Crippen LogP contribution >= 0.6 is 23.2 Å². The summed E-state index contributed by atoms with van der Waals surface area (Å²) < 4.78 is 16.4. The summed E-state index contributed by atoms with van der Waals surface area (Å²) in [6.07, 6.45) is 0. The van der Waals surface area contributed by atoms with E-state index in [1.54, 1.807) is 44.6 Å². The molecule has 0 amide bonds. The molecule has 0 N–H and O–H groups in total. The van der Waals surface area contributed by atoms with Crippen molar-refractivity contribution in [1.29, 1.82) is 0 Å². The number of rotatable bonds is 4. The van der Waals surface area contributed by atoms with E-state index in [1.807, 2.05) is 0 Å². The summed E-state index contributed by atoms with van der Waals surface area (Å²) in [4.78, 5) is 3.88. The van der Waals surface area contributed by atoms with Gasteiger partial charge in [-0.15, -0.1) is 10.2 Å². The monoisotopic (exact) mass is 351 g/mol. The maximum Gasteiger partial charge on any atom is 0.255 e. The molecule has 0 fully saturated rings. The molecule has 8 heteroatoms. The van der Waals surface area contributed by atoms with Gasteiger partial charge in [0.2, 0.25) is 5.89 Å². The van der Waals surface area contributed by atoms with E-state index in [2.05, 4.69) is 15.2 Å². The van der Waals surface area contributed by atoms with Crippen molar-refractivity contribution in [2.24, 2.45) is 0 Å². The van der Waals surface area contributed by atoms with Crippen molar-refractivity contribution < 1.29 is 13.9 Å². The topological polar surface area (TPSA) is 70.3 Å². The largest absolute Gasteiger partial charge is 0.496 e. The standard InChI is InChI=1S/C15H11Cl2N3O3/c1-21-9-4-3-5-10(22-2)13(9)15-20-19-14(23-15)8-6-11(16)18-12(17)7-8/h3-7H,1-2H3. The van der Waals surface area contributed by atoms with Crippen LogP contribution < -0.4 is 9.47 Å². The van der Waals surface area contributed by atoms with E-state index in [0.717, 1.165) is 0 Å². The number of halogens is 2. The lowest BCUT2D eigenvalue weighted by molar-refractivity contribution is 0.394. The fourth-order valence-electron chi connectivity index (χ4n) is 2.09. The van der Waals surface area contributed by atoms with Gasteiger partial charge in [0.05, 0.1) is 14.2 Å². The molecule has 23 heavy (non-hydrogen) atoms. The zero-order valence-corrected chi connectivity index (χ0v) is 13.7. The Morgan fingerprint density at radius 3 is 2.04 bits per heavy atom. The van der Waals surface area contributed by atoms with Gasteiger partial charge in [0.25, 0.3) is 5.89 Å². The molecule has 0 atom stereocenters. The van der Waals surface area contributed by atoms with E-state index >= 15 is 0 Å². The van der Waals surface area contributed by atoms with Crippen LogP contribution in [0.1, 0.15) is 0 Å². The number of hydrogen-bond acceptors (Lipinski definition) is 6. The lowest BCUT2D eigenvalue weighted by Crippen LogP contribution is -1.92. The van der Waals surface area contributed by atoms with Crippen LogP contribution in [0.2, 0.25) is 10.3 Å². The first kappa shape index (κ1) is 15.6. The van der Waals surface area contributed by atoms with E-state index in [4.69, 9.17) is 37.1 Å². The second-order valence-electron chi connectivity index (χ2n) is 4.45. The van der Waals surface area contributed by atoms with Crippen molar-refractivity contribution in [3.05, 3.63) is 40.6 Å². The van der Waals surface area contributed by atoms with Crippen molar-refractivity contribution >= 4 is 23.2 Å². The minimum Gasteiger partial charge on any atom is -0.496 e. The van der Waals surface area contributed by atoms with Gasteiger partial charge in [-0.3, -0.25) is 0 Å². The van der Waals surface area contributed by atoms with Crippen LogP contribution in [0.15, 0.2) is 34.7 Å². The van der Waals surface area contributed by atoms with Gasteiger partial charge in [0.15, 0.2) is 0 Å². The smallest absolute Gasteiger partial charge is 0.255 e. The highest BCUT2D eigenvalue weighted by atomic mass is 35.5. The van der Waals surface area contributed by atoms with Crippen molar-refractivity contribution in [1.82, 2.24) is 15.2 Å². The summed E-state index contributed by atoms with van der Waals surface area (Å²) in [6.45, 7) is 0. The summed E-state index contributed by atoms with van der Waals surface area (Å²) in [6, 6.07) is 8.54. The summed E-state index contributed by atoms with van der Waals surface area (Å²) in [5.41, 5.74) is 1.14. The van der Waals surface area contributed by atoms with E-state index in [1.165, 1.54) is 0 Å². The third-order valence-electron chi connectivity index (χ3n) is 3.08. The Balaban J connectivity index is 2.09. The van der Waals surface area contributed by atoms with Crippen molar-refractivity contribution in [2.75, 3.05) is 14.2 Å². The number of methoxy groups -OCH3 is 2. The molecule has 0 unspecified atom stereocenters. The Labute approximate surface area is 142 Å². The molecule has 3 rings (SSSR count). The molecule has 3 aromatic rings. The van der Waals surface area contributed by atoms with Gasteiger partial charge in [0.1, 0.15) is 27.4 Å². The fraction of sp³-hybridized carbons (Fsp3) is 0.133. The summed E-state index contributed by atoms with van der Waals surface area (Å²) in [7, 11) is 3.11. The third kappa shape index (κ3) is 3.09. The van der Waals surface area contributed by atoms with E-state index in [0.29, 0.717) is 22.6 Å². The van der Waals surface area contributed by atoms with Gasteiger partial charge in [-0.05, 0) is 24.3 Å². The van der Waals surface area contributed by atoms with Crippen LogP contribution in [0.4, 0.5) is 0 Å². The lowest BCUT2D eigenvalue weighted by atomic mass is 10.1. The van der Waals surface area contributed by atoms with Gasteiger partial charge in [-0.1, -0.05) is 29.3 Å². The SMILES string of the molecule is COc1cccc(OC)c1-c1nnc(-c2cc(Cl)nc(Cl)c2)o1. The first-order valence-electron chi connectivity index (χ1n) is 6.50. The molecule has 0 saturated carbocycles. The molecule has 0 spiro atoms. The summed E-state index contributed by atoms with van der Waals surface area (Å²) in [5.74, 6) is 1.65. The minimum atomic E-state index is 0.238. The molecule has 0 aliphatic heterocycles. The molecule has 0 radical (unpaired) electrons.